The second-order valence-corrected chi connectivity index (χ2v) is 7.09. The molecule has 2 heterocycles. The normalized spacial score (nSPS) is 13.1. The molecule has 1 aromatic heterocycles. The highest BCUT2D eigenvalue weighted by Gasteiger charge is 2.18. The molecule has 0 unspecified atom stereocenters. The van der Waals surface area contributed by atoms with Crippen LogP contribution < -0.4 is 19.5 Å². The Hall–Kier alpha value is -4.13. The Morgan fingerprint density at radius 1 is 1.00 bits per heavy atom. The largest absolute Gasteiger partial charge is 0.481 e. The zero-order valence-corrected chi connectivity index (χ0v) is 16.7. The molecule has 0 bridgehead atoms. The molecular formula is C24H19N3O4. The number of amides is 1. The summed E-state index contributed by atoms with van der Waals surface area (Å²) in [6.45, 7) is 1.89. The molecule has 7 heteroatoms. The van der Waals surface area contributed by atoms with E-state index in [0.717, 1.165) is 22.3 Å². The Labute approximate surface area is 178 Å². The van der Waals surface area contributed by atoms with Crippen LogP contribution in [0.3, 0.4) is 0 Å². The van der Waals surface area contributed by atoms with Crippen molar-refractivity contribution in [1.82, 2.24) is 9.97 Å². The monoisotopic (exact) mass is 413 g/mol. The lowest BCUT2D eigenvalue weighted by Gasteiger charge is -2.15. The maximum absolute atomic E-state index is 12.5. The Morgan fingerprint density at radius 2 is 1.77 bits per heavy atom. The summed E-state index contributed by atoms with van der Waals surface area (Å²) in [7, 11) is 0. The minimum atomic E-state index is -0.684. The highest BCUT2D eigenvalue weighted by Crippen LogP contribution is 2.34. The van der Waals surface area contributed by atoms with Gasteiger partial charge in [-0.1, -0.05) is 12.1 Å². The number of anilines is 1. The van der Waals surface area contributed by atoms with E-state index in [0.29, 0.717) is 22.9 Å². The zero-order valence-electron chi connectivity index (χ0n) is 16.7. The first-order valence-electron chi connectivity index (χ1n) is 9.85. The third-order valence-corrected chi connectivity index (χ3v) is 4.92. The van der Waals surface area contributed by atoms with Crippen molar-refractivity contribution < 1.29 is 19.0 Å². The summed E-state index contributed by atoms with van der Waals surface area (Å²) in [5.74, 6) is 1.60. The number of benzene rings is 3. The number of nitrogens with zero attached hydrogens (tertiary/aromatic N) is 2. The van der Waals surface area contributed by atoms with Crippen molar-refractivity contribution in [3.8, 4) is 28.5 Å². The fourth-order valence-electron chi connectivity index (χ4n) is 3.28. The molecule has 4 aromatic rings. The molecule has 1 atom stereocenters. The summed E-state index contributed by atoms with van der Waals surface area (Å²) < 4.78 is 16.4. The van der Waals surface area contributed by atoms with Crippen LogP contribution in [0, 0.1) is 0 Å². The van der Waals surface area contributed by atoms with Crippen molar-refractivity contribution in [1.29, 1.82) is 0 Å². The molecule has 5 rings (SSSR count). The fourth-order valence-corrected chi connectivity index (χ4v) is 3.28. The van der Waals surface area contributed by atoms with Crippen LogP contribution >= 0.6 is 0 Å². The summed E-state index contributed by atoms with van der Waals surface area (Å²) in [4.78, 5) is 21.6. The van der Waals surface area contributed by atoms with Crippen LogP contribution in [0.5, 0.6) is 17.2 Å². The van der Waals surface area contributed by atoms with Gasteiger partial charge in [-0.05, 0) is 55.5 Å². The lowest BCUT2D eigenvalue weighted by molar-refractivity contribution is -0.122. The van der Waals surface area contributed by atoms with Gasteiger partial charge in [-0.25, -0.2) is 4.98 Å². The van der Waals surface area contributed by atoms with Crippen LogP contribution in [0.1, 0.15) is 6.92 Å². The maximum atomic E-state index is 12.5. The van der Waals surface area contributed by atoms with Crippen molar-refractivity contribution in [2.24, 2.45) is 0 Å². The van der Waals surface area contributed by atoms with E-state index in [4.69, 9.17) is 14.2 Å². The Bertz CT molecular complexity index is 1260. The van der Waals surface area contributed by atoms with E-state index >= 15 is 0 Å². The smallest absolute Gasteiger partial charge is 0.265 e. The van der Waals surface area contributed by atoms with Gasteiger partial charge in [0.1, 0.15) is 5.75 Å². The summed E-state index contributed by atoms with van der Waals surface area (Å²) >= 11 is 0. The minimum absolute atomic E-state index is 0.188. The average Bonchev–Trinajstić information content (AvgIpc) is 3.27. The lowest BCUT2D eigenvalue weighted by atomic mass is 10.1. The molecule has 0 radical (unpaired) electrons. The van der Waals surface area contributed by atoms with Crippen LogP contribution in [-0.4, -0.2) is 28.8 Å². The van der Waals surface area contributed by atoms with Gasteiger partial charge in [-0.3, -0.25) is 9.78 Å². The quantitative estimate of drug-likeness (QED) is 0.521. The number of rotatable bonds is 5. The third kappa shape index (κ3) is 3.98. The van der Waals surface area contributed by atoms with Gasteiger partial charge in [0.2, 0.25) is 6.79 Å². The molecule has 0 fully saturated rings. The predicted octanol–water partition coefficient (Wildman–Crippen LogP) is 4.43. The van der Waals surface area contributed by atoms with Crippen molar-refractivity contribution in [3.05, 3.63) is 72.9 Å². The molecule has 0 aliphatic carbocycles. The van der Waals surface area contributed by atoms with E-state index in [2.05, 4.69) is 15.3 Å². The summed E-state index contributed by atoms with van der Waals surface area (Å²) in [5.41, 5.74) is 4.01. The van der Waals surface area contributed by atoms with Gasteiger partial charge >= 0.3 is 0 Å². The van der Waals surface area contributed by atoms with Crippen molar-refractivity contribution in [2.45, 2.75) is 13.0 Å². The van der Waals surface area contributed by atoms with E-state index in [-0.39, 0.29) is 12.7 Å². The summed E-state index contributed by atoms with van der Waals surface area (Å²) in [5, 5.41) is 2.83. The summed E-state index contributed by atoms with van der Waals surface area (Å²) in [6, 6.07) is 20.4. The van der Waals surface area contributed by atoms with Gasteiger partial charge in [-0.15, -0.1) is 0 Å². The molecule has 3 aromatic carbocycles. The highest BCUT2D eigenvalue weighted by atomic mass is 16.7. The number of hydrogen-bond donors (Lipinski definition) is 1. The molecule has 7 nitrogen and oxygen atoms in total. The number of para-hydroxylation sites is 2. The number of fused-ring (bicyclic) bond motifs is 2. The average molecular weight is 413 g/mol. The topological polar surface area (TPSA) is 82.6 Å². The first-order chi connectivity index (χ1) is 15.2. The number of ether oxygens (including phenoxy) is 3. The fraction of sp³-hybridized carbons (Fsp3) is 0.125. The van der Waals surface area contributed by atoms with Crippen LogP contribution in [0.25, 0.3) is 22.3 Å². The van der Waals surface area contributed by atoms with Gasteiger partial charge in [0.05, 0.1) is 22.9 Å². The Kier molecular flexibility index (Phi) is 4.84. The van der Waals surface area contributed by atoms with E-state index in [9.17, 15) is 4.79 Å². The van der Waals surface area contributed by atoms with Gasteiger partial charge < -0.3 is 19.5 Å². The predicted molar refractivity (Wildman–Crippen MR) is 116 cm³/mol. The maximum Gasteiger partial charge on any atom is 0.265 e. The van der Waals surface area contributed by atoms with Gasteiger partial charge in [0, 0.05) is 17.3 Å². The minimum Gasteiger partial charge on any atom is -0.481 e. The number of carbonyl (C=O) groups is 1. The molecule has 0 saturated carbocycles. The van der Waals surface area contributed by atoms with Crippen LogP contribution in [0.15, 0.2) is 72.9 Å². The molecule has 154 valence electrons. The van der Waals surface area contributed by atoms with Crippen molar-refractivity contribution in [2.75, 3.05) is 12.1 Å². The second kappa shape index (κ2) is 7.95. The molecule has 31 heavy (non-hydrogen) atoms. The summed E-state index contributed by atoms with van der Waals surface area (Å²) in [6.07, 6.45) is 1.07. The first-order valence-corrected chi connectivity index (χ1v) is 9.85. The lowest BCUT2D eigenvalue weighted by Crippen LogP contribution is -2.30. The molecule has 1 aliphatic rings. The van der Waals surface area contributed by atoms with E-state index < -0.39 is 6.10 Å². The zero-order chi connectivity index (χ0) is 21.2. The van der Waals surface area contributed by atoms with Crippen LogP contribution in [-0.2, 0) is 4.79 Å². The standard InChI is InChI=1S/C24H19N3O4/c1-15(24(28)26-17-8-11-22-23(12-17)30-14-29-22)31-18-9-6-16(7-10-18)21-13-25-19-4-2-3-5-20(19)27-21/h2-13,15H,14H2,1H3,(H,26,28)/t15-/m0/s1. The third-order valence-electron chi connectivity index (χ3n) is 4.92. The van der Waals surface area contributed by atoms with E-state index in [1.807, 2.05) is 48.5 Å². The molecule has 0 spiro atoms. The molecule has 0 saturated heterocycles. The van der Waals surface area contributed by atoms with Gasteiger partial charge in [0.15, 0.2) is 17.6 Å². The molecule has 1 N–H and O–H groups in total. The van der Waals surface area contributed by atoms with Crippen LogP contribution in [0.2, 0.25) is 0 Å². The molecule has 1 amide bonds. The van der Waals surface area contributed by atoms with Crippen molar-refractivity contribution >= 4 is 22.6 Å². The highest BCUT2D eigenvalue weighted by molar-refractivity contribution is 5.94. The SMILES string of the molecule is C[C@H](Oc1ccc(-c2cnc3ccccc3n2)cc1)C(=O)Nc1ccc2c(c1)OCO2. The van der Waals surface area contributed by atoms with Crippen LogP contribution in [0.4, 0.5) is 5.69 Å². The van der Waals surface area contributed by atoms with Gasteiger partial charge in [0.25, 0.3) is 5.91 Å². The number of hydrogen-bond acceptors (Lipinski definition) is 6. The Morgan fingerprint density at radius 3 is 2.61 bits per heavy atom. The first kappa shape index (κ1) is 18.9. The van der Waals surface area contributed by atoms with E-state index in [1.54, 1.807) is 31.3 Å². The molecular weight excluding hydrogens is 394 g/mol. The number of aromatic nitrogens is 2. The molecule has 1 aliphatic heterocycles. The Balaban J connectivity index is 1.24. The van der Waals surface area contributed by atoms with Gasteiger partial charge in [-0.2, -0.15) is 0 Å². The van der Waals surface area contributed by atoms with E-state index in [1.165, 1.54) is 0 Å². The number of carbonyl (C=O) groups excluding carboxylic acids is 1. The number of nitrogens with one attached hydrogen (secondary N) is 1. The van der Waals surface area contributed by atoms with Crippen molar-refractivity contribution in [3.63, 3.8) is 0 Å². The second-order valence-electron chi connectivity index (χ2n) is 7.09.